The van der Waals surface area contributed by atoms with Crippen molar-refractivity contribution in [3.8, 4) is 11.3 Å². The lowest BCUT2D eigenvalue weighted by Gasteiger charge is -2.07. The lowest BCUT2D eigenvalue weighted by Crippen LogP contribution is -2.15. The van der Waals surface area contributed by atoms with E-state index in [0.29, 0.717) is 0 Å². The molecule has 0 atom stereocenters. The third-order valence-corrected chi connectivity index (χ3v) is 6.40. The number of carbonyl (C=O) groups excluding carboxylic acids is 1. The summed E-state index contributed by atoms with van der Waals surface area (Å²) >= 11 is 2.53. The average Bonchev–Trinajstić information content (AvgIpc) is 3.21. The molecule has 0 radical (unpaired) electrons. The molecule has 0 aliphatic heterocycles. The number of aryl methyl sites for hydroxylation is 1. The van der Waals surface area contributed by atoms with Crippen LogP contribution in [0, 0.1) is 17.0 Å². The van der Waals surface area contributed by atoms with Crippen molar-refractivity contribution >= 4 is 51.3 Å². The molecular weight excluding hydrogens is 420 g/mol. The number of nitro benzene ring substituents is 1. The number of rotatable bonds is 6. The van der Waals surface area contributed by atoms with Gasteiger partial charge in [0, 0.05) is 11.6 Å². The second-order valence-electron chi connectivity index (χ2n) is 6.59. The number of hydrogen-bond donors (Lipinski definition) is 1. The number of anilines is 1. The Balaban J connectivity index is 1.48. The number of aromatic nitrogens is 2. The Hall–Kier alpha value is -3.30. The van der Waals surface area contributed by atoms with Crippen LogP contribution in [0.3, 0.4) is 0 Å². The predicted octanol–water partition coefficient (Wildman–Crippen LogP) is 5.31. The van der Waals surface area contributed by atoms with Crippen molar-refractivity contribution in [3.05, 3.63) is 76.3 Å². The highest BCUT2D eigenvalue weighted by Gasteiger charge is 2.18. The molecule has 0 saturated heterocycles. The summed E-state index contributed by atoms with van der Waals surface area (Å²) in [6.07, 6.45) is 0. The molecule has 1 aromatic heterocycles. The number of nitro groups is 1. The van der Waals surface area contributed by atoms with E-state index in [-0.39, 0.29) is 23.0 Å². The smallest absolute Gasteiger partial charge is 0.293 e. The molecular formula is C21H16N4O3S2. The molecule has 0 spiro atoms. The fourth-order valence-corrected chi connectivity index (χ4v) is 4.56. The average molecular weight is 437 g/mol. The monoisotopic (exact) mass is 436 g/mol. The van der Waals surface area contributed by atoms with Gasteiger partial charge in [-0.1, -0.05) is 47.0 Å². The summed E-state index contributed by atoms with van der Waals surface area (Å²) in [5, 5.41) is 20.3. The first-order valence-corrected chi connectivity index (χ1v) is 10.8. The Morgan fingerprint density at radius 2 is 1.93 bits per heavy atom. The number of benzene rings is 3. The van der Waals surface area contributed by atoms with Crippen LogP contribution in [-0.2, 0) is 4.79 Å². The van der Waals surface area contributed by atoms with Gasteiger partial charge in [0.05, 0.1) is 10.7 Å². The highest BCUT2D eigenvalue weighted by atomic mass is 32.2. The maximum absolute atomic E-state index is 12.4. The maximum atomic E-state index is 12.4. The van der Waals surface area contributed by atoms with Crippen molar-refractivity contribution in [3.63, 3.8) is 0 Å². The Kier molecular flexibility index (Phi) is 5.73. The van der Waals surface area contributed by atoms with Crippen molar-refractivity contribution in [1.29, 1.82) is 0 Å². The molecule has 4 aromatic rings. The number of thioether (sulfide) groups is 1. The van der Waals surface area contributed by atoms with Crippen LogP contribution in [0.15, 0.2) is 64.9 Å². The summed E-state index contributed by atoms with van der Waals surface area (Å²) < 4.78 is 4.86. The van der Waals surface area contributed by atoms with E-state index in [1.54, 1.807) is 19.1 Å². The SMILES string of the molecule is Cc1ccc(NC(=O)CSc2snnc2-c2ccc3ccccc3c2)c([N+](=O)[O-])c1. The van der Waals surface area contributed by atoms with Gasteiger partial charge in [-0.2, -0.15) is 0 Å². The van der Waals surface area contributed by atoms with E-state index in [4.69, 9.17) is 0 Å². The van der Waals surface area contributed by atoms with Crippen molar-refractivity contribution in [1.82, 2.24) is 9.59 Å². The van der Waals surface area contributed by atoms with Gasteiger partial charge in [-0.05, 0) is 46.9 Å². The van der Waals surface area contributed by atoms with Crippen LogP contribution in [-0.4, -0.2) is 26.2 Å². The van der Waals surface area contributed by atoms with Crippen LogP contribution < -0.4 is 5.32 Å². The summed E-state index contributed by atoms with van der Waals surface area (Å²) in [4.78, 5) is 23.1. The van der Waals surface area contributed by atoms with Crippen LogP contribution >= 0.6 is 23.3 Å². The molecule has 9 heteroatoms. The van der Waals surface area contributed by atoms with Gasteiger partial charge in [0.1, 0.15) is 15.6 Å². The van der Waals surface area contributed by atoms with Gasteiger partial charge in [0.15, 0.2) is 0 Å². The summed E-state index contributed by atoms with van der Waals surface area (Å²) in [6, 6.07) is 18.8. The second-order valence-corrected chi connectivity index (χ2v) is 8.58. The van der Waals surface area contributed by atoms with Gasteiger partial charge in [-0.15, -0.1) is 16.9 Å². The fraction of sp³-hybridized carbons (Fsp3) is 0.0952. The van der Waals surface area contributed by atoms with Gasteiger partial charge < -0.3 is 5.32 Å². The predicted molar refractivity (Wildman–Crippen MR) is 120 cm³/mol. The number of nitrogens with one attached hydrogen (secondary N) is 1. The van der Waals surface area contributed by atoms with E-state index in [9.17, 15) is 14.9 Å². The molecule has 7 nitrogen and oxygen atoms in total. The zero-order valence-electron chi connectivity index (χ0n) is 15.9. The van der Waals surface area contributed by atoms with E-state index in [2.05, 4.69) is 14.9 Å². The molecule has 0 unspecified atom stereocenters. The molecule has 0 fully saturated rings. The quantitative estimate of drug-likeness (QED) is 0.250. The van der Waals surface area contributed by atoms with Crippen molar-refractivity contribution in [2.45, 2.75) is 11.1 Å². The summed E-state index contributed by atoms with van der Waals surface area (Å²) in [5.41, 5.74) is 2.48. The molecule has 0 aliphatic carbocycles. The molecule has 150 valence electrons. The first-order chi connectivity index (χ1) is 14.5. The summed E-state index contributed by atoms with van der Waals surface area (Å²) in [5.74, 6) is -0.236. The number of nitrogens with zero attached hydrogens (tertiary/aromatic N) is 3. The van der Waals surface area contributed by atoms with Crippen LogP contribution in [0.4, 0.5) is 11.4 Å². The topological polar surface area (TPSA) is 98.0 Å². The second kappa shape index (κ2) is 8.60. The molecule has 4 rings (SSSR count). The zero-order valence-corrected chi connectivity index (χ0v) is 17.5. The van der Waals surface area contributed by atoms with E-state index in [1.807, 2.05) is 42.5 Å². The minimum Gasteiger partial charge on any atom is -0.320 e. The number of hydrogen-bond acceptors (Lipinski definition) is 7. The van der Waals surface area contributed by atoms with Gasteiger partial charge in [-0.3, -0.25) is 14.9 Å². The molecule has 1 amide bonds. The highest BCUT2D eigenvalue weighted by molar-refractivity contribution is 8.01. The minimum atomic E-state index is -0.499. The third-order valence-electron chi connectivity index (χ3n) is 4.44. The van der Waals surface area contributed by atoms with E-state index in [0.717, 1.165) is 31.8 Å². The number of carbonyl (C=O) groups is 1. The number of fused-ring (bicyclic) bond motifs is 1. The maximum Gasteiger partial charge on any atom is 0.293 e. The van der Waals surface area contributed by atoms with E-state index in [1.165, 1.54) is 29.4 Å². The van der Waals surface area contributed by atoms with Crippen molar-refractivity contribution in [2.24, 2.45) is 0 Å². The Morgan fingerprint density at radius 1 is 1.13 bits per heavy atom. The van der Waals surface area contributed by atoms with Gasteiger partial charge in [0.25, 0.3) is 5.69 Å². The normalized spacial score (nSPS) is 10.8. The minimum absolute atomic E-state index is 0.0927. The Labute approximate surface area is 180 Å². The first-order valence-electron chi connectivity index (χ1n) is 9.00. The van der Waals surface area contributed by atoms with Gasteiger partial charge >= 0.3 is 0 Å². The third kappa shape index (κ3) is 4.32. The summed E-state index contributed by atoms with van der Waals surface area (Å²) in [6.45, 7) is 1.76. The molecule has 0 bridgehead atoms. The van der Waals surface area contributed by atoms with Crippen molar-refractivity contribution < 1.29 is 9.72 Å². The van der Waals surface area contributed by atoms with Gasteiger partial charge in [-0.25, -0.2) is 0 Å². The van der Waals surface area contributed by atoms with Crippen LogP contribution in [0.5, 0.6) is 0 Å². The van der Waals surface area contributed by atoms with E-state index >= 15 is 0 Å². The molecule has 30 heavy (non-hydrogen) atoms. The molecule has 1 N–H and O–H groups in total. The van der Waals surface area contributed by atoms with Crippen LogP contribution in [0.25, 0.3) is 22.0 Å². The molecule has 0 saturated carbocycles. The first kappa shape index (κ1) is 20.0. The molecule has 1 heterocycles. The number of amides is 1. The van der Waals surface area contributed by atoms with Crippen LogP contribution in [0.1, 0.15) is 5.56 Å². The standard InChI is InChI=1S/C21H16N4O3S2/c1-13-6-9-17(18(10-13)25(27)28)22-19(26)12-29-21-20(23-24-30-21)16-8-7-14-4-2-3-5-15(14)11-16/h2-11H,12H2,1H3,(H,22,26). The van der Waals surface area contributed by atoms with Crippen LogP contribution in [0.2, 0.25) is 0 Å². The van der Waals surface area contributed by atoms with E-state index < -0.39 is 4.92 Å². The van der Waals surface area contributed by atoms with Crippen molar-refractivity contribution in [2.75, 3.05) is 11.1 Å². The summed E-state index contributed by atoms with van der Waals surface area (Å²) in [7, 11) is 0. The fourth-order valence-electron chi connectivity index (χ4n) is 3.01. The lowest BCUT2D eigenvalue weighted by atomic mass is 10.1. The van der Waals surface area contributed by atoms with Gasteiger partial charge in [0.2, 0.25) is 5.91 Å². The highest BCUT2D eigenvalue weighted by Crippen LogP contribution is 2.34. The Bertz CT molecular complexity index is 1260. The molecule has 0 aliphatic rings. The lowest BCUT2D eigenvalue weighted by molar-refractivity contribution is -0.384. The Morgan fingerprint density at radius 3 is 2.73 bits per heavy atom. The zero-order chi connectivity index (χ0) is 21.1. The molecule has 3 aromatic carbocycles. The largest absolute Gasteiger partial charge is 0.320 e.